The maximum Gasteiger partial charge on any atom is 0.0481 e. The summed E-state index contributed by atoms with van der Waals surface area (Å²) >= 11 is 6.47. The zero-order chi connectivity index (χ0) is 18.1. The van der Waals surface area contributed by atoms with Crippen LogP contribution in [0.4, 0.5) is 0 Å². The molecule has 0 amide bonds. The van der Waals surface area contributed by atoms with Gasteiger partial charge in [-0.2, -0.15) is 0 Å². The molecule has 0 aromatic heterocycles. The molecule has 0 spiro atoms. The van der Waals surface area contributed by atoms with Crippen LogP contribution in [0.2, 0.25) is 5.02 Å². The normalized spacial score (nSPS) is 14.5. The van der Waals surface area contributed by atoms with Gasteiger partial charge in [-0.3, -0.25) is 0 Å². The molecule has 0 bridgehead atoms. The lowest BCUT2D eigenvalue weighted by Crippen LogP contribution is -2.16. The Balaban J connectivity index is 1.89. The summed E-state index contributed by atoms with van der Waals surface area (Å²) in [6.45, 7) is 4.54. The minimum Gasteiger partial charge on any atom is -0.0837 e. The number of halogens is 1. The smallest absolute Gasteiger partial charge is 0.0481 e. The van der Waals surface area contributed by atoms with E-state index >= 15 is 0 Å². The summed E-state index contributed by atoms with van der Waals surface area (Å²) in [7, 11) is 0. The highest BCUT2D eigenvalue weighted by molar-refractivity contribution is 6.32. The van der Waals surface area contributed by atoms with E-state index in [0.29, 0.717) is 0 Å². The van der Waals surface area contributed by atoms with Crippen molar-refractivity contribution in [2.45, 2.75) is 19.3 Å². The van der Waals surface area contributed by atoms with E-state index in [1.807, 2.05) is 12.1 Å². The highest BCUT2D eigenvalue weighted by atomic mass is 35.5. The fourth-order valence-electron chi connectivity index (χ4n) is 3.67. The van der Waals surface area contributed by atoms with Crippen molar-refractivity contribution in [3.05, 3.63) is 118 Å². The monoisotopic (exact) mass is 356 g/mol. The molecular weight excluding hydrogens is 336 g/mol. The number of allylic oxidation sites excluding steroid dienone is 2. The molecule has 0 aliphatic heterocycles. The fourth-order valence-corrected chi connectivity index (χ4v) is 3.90. The van der Waals surface area contributed by atoms with E-state index < -0.39 is 0 Å². The van der Waals surface area contributed by atoms with Crippen molar-refractivity contribution in [1.82, 2.24) is 0 Å². The molecule has 0 nitrogen and oxygen atoms in total. The zero-order valence-corrected chi connectivity index (χ0v) is 15.8. The molecule has 26 heavy (non-hydrogen) atoms. The molecule has 0 heterocycles. The van der Waals surface area contributed by atoms with Crippen LogP contribution in [0.3, 0.4) is 0 Å². The van der Waals surface area contributed by atoms with Gasteiger partial charge in [0.2, 0.25) is 0 Å². The molecule has 4 rings (SSSR count). The van der Waals surface area contributed by atoms with Gasteiger partial charge in [0.15, 0.2) is 0 Å². The molecule has 0 fully saturated rings. The van der Waals surface area contributed by atoms with Crippen LogP contribution in [-0.4, -0.2) is 0 Å². The molecule has 0 saturated heterocycles. The van der Waals surface area contributed by atoms with Crippen LogP contribution >= 0.6 is 11.6 Å². The van der Waals surface area contributed by atoms with Gasteiger partial charge in [0, 0.05) is 10.4 Å². The van der Waals surface area contributed by atoms with Gasteiger partial charge in [-0.15, -0.1) is 0 Å². The molecule has 1 aliphatic carbocycles. The van der Waals surface area contributed by atoms with Crippen LogP contribution in [0.1, 0.15) is 36.1 Å². The van der Waals surface area contributed by atoms with E-state index in [9.17, 15) is 0 Å². The van der Waals surface area contributed by atoms with Crippen LogP contribution < -0.4 is 0 Å². The van der Waals surface area contributed by atoms with E-state index in [2.05, 4.69) is 92.7 Å². The Bertz CT molecular complexity index is 951. The number of hydrogen-bond acceptors (Lipinski definition) is 0. The van der Waals surface area contributed by atoms with Gasteiger partial charge >= 0.3 is 0 Å². The maximum absolute atomic E-state index is 6.47. The quantitative estimate of drug-likeness (QED) is 0.467. The summed E-state index contributed by atoms with van der Waals surface area (Å²) in [4.78, 5) is 0. The summed E-state index contributed by atoms with van der Waals surface area (Å²) in [5.74, 6) is 0. The van der Waals surface area contributed by atoms with E-state index in [-0.39, 0.29) is 5.41 Å². The minimum absolute atomic E-state index is 0.0744. The molecule has 1 aliphatic rings. The first-order valence-corrected chi connectivity index (χ1v) is 9.29. The Kier molecular flexibility index (Phi) is 4.30. The van der Waals surface area contributed by atoms with E-state index in [1.165, 1.54) is 27.8 Å². The second-order valence-electron chi connectivity index (χ2n) is 7.22. The Morgan fingerprint density at radius 1 is 0.769 bits per heavy atom. The first kappa shape index (κ1) is 16.9. The maximum atomic E-state index is 6.47. The number of rotatable bonds is 3. The number of fused-ring (bicyclic) bond motifs is 1. The van der Waals surface area contributed by atoms with Gasteiger partial charge in [0.05, 0.1) is 0 Å². The standard InChI is InChI=1S/C25H21Cl/c1-25(2)20(17-22-23(25)14-9-15-24(22)26)16-21(18-10-5-3-6-11-18)19-12-7-4-8-13-19/h3-17H,1-2H3. The Morgan fingerprint density at radius 2 is 1.35 bits per heavy atom. The van der Waals surface area contributed by atoms with Gasteiger partial charge < -0.3 is 0 Å². The molecule has 0 N–H and O–H groups in total. The van der Waals surface area contributed by atoms with Crippen molar-refractivity contribution < 1.29 is 0 Å². The Hall–Kier alpha value is -2.57. The highest BCUT2D eigenvalue weighted by Crippen LogP contribution is 2.45. The van der Waals surface area contributed by atoms with Crippen molar-refractivity contribution in [3.63, 3.8) is 0 Å². The highest BCUT2D eigenvalue weighted by Gasteiger charge is 2.33. The molecule has 3 aromatic carbocycles. The van der Waals surface area contributed by atoms with Crippen molar-refractivity contribution in [1.29, 1.82) is 0 Å². The minimum atomic E-state index is -0.0744. The SMILES string of the molecule is CC1(C)C(C=C(c2ccccc2)c2ccccc2)=Cc2c(Cl)cccc21. The third kappa shape index (κ3) is 2.91. The summed E-state index contributed by atoms with van der Waals surface area (Å²) in [6.07, 6.45) is 4.56. The van der Waals surface area contributed by atoms with Gasteiger partial charge in [0.1, 0.15) is 0 Å². The molecule has 0 saturated carbocycles. The summed E-state index contributed by atoms with van der Waals surface area (Å²) in [5, 5.41) is 0.819. The first-order chi connectivity index (χ1) is 12.6. The second kappa shape index (κ2) is 6.63. The summed E-state index contributed by atoms with van der Waals surface area (Å²) in [5.41, 5.74) is 7.31. The van der Waals surface area contributed by atoms with Crippen LogP contribution in [0.25, 0.3) is 11.6 Å². The largest absolute Gasteiger partial charge is 0.0837 e. The van der Waals surface area contributed by atoms with E-state index in [1.54, 1.807) is 0 Å². The Morgan fingerprint density at radius 3 is 1.88 bits per heavy atom. The van der Waals surface area contributed by atoms with Crippen LogP contribution in [0.5, 0.6) is 0 Å². The third-order valence-corrected chi connectivity index (χ3v) is 5.55. The lowest BCUT2D eigenvalue weighted by molar-refractivity contribution is 0.655. The molecule has 0 unspecified atom stereocenters. The molecule has 128 valence electrons. The lowest BCUT2D eigenvalue weighted by atomic mass is 9.80. The predicted molar refractivity (Wildman–Crippen MR) is 112 cm³/mol. The van der Waals surface area contributed by atoms with Crippen molar-refractivity contribution in [2.24, 2.45) is 0 Å². The second-order valence-corrected chi connectivity index (χ2v) is 7.62. The molecule has 0 radical (unpaired) electrons. The topological polar surface area (TPSA) is 0 Å². The van der Waals surface area contributed by atoms with Crippen molar-refractivity contribution in [2.75, 3.05) is 0 Å². The third-order valence-electron chi connectivity index (χ3n) is 5.22. The van der Waals surface area contributed by atoms with Crippen LogP contribution in [0.15, 0.2) is 90.5 Å². The lowest BCUT2D eigenvalue weighted by Gasteiger charge is -2.24. The predicted octanol–water partition coefficient (Wildman–Crippen LogP) is 7.15. The van der Waals surface area contributed by atoms with Gasteiger partial charge in [-0.25, -0.2) is 0 Å². The van der Waals surface area contributed by atoms with Crippen LogP contribution in [0, 0.1) is 0 Å². The van der Waals surface area contributed by atoms with Crippen molar-refractivity contribution >= 4 is 23.3 Å². The molecule has 1 heteroatoms. The average Bonchev–Trinajstić information content (AvgIpc) is 2.93. The average molecular weight is 357 g/mol. The molecular formula is C25H21Cl. The fraction of sp³-hybridized carbons (Fsp3) is 0.120. The van der Waals surface area contributed by atoms with E-state index in [4.69, 9.17) is 11.6 Å². The van der Waals surface area contributed by atoms with Gasteiger partial charge in [0.25, 0.3) is 0 Å². The Labute approximate surface area is 160 Å². The van der Waals surface area contributed by atoms with Crippen LogP contribution in [-0.2, 0) is 5.41 Å². The van der Waals surface area contributed by atoms with Gasteiger partial charge in [-0.1, -0.05) is 98.2 Å². The summed E-state index contributed by atoms with van der Waals surface area (Å²) in [6, 6.07) is 27.3. The first-order valence-electron chi connectivity index (χ1n) is 8.91. The number of hydrogen-bond donors (Lipinski definition) is 0. The van der Waals surface area contributed by atoms with E-state index in [0.717, 1.165) is 10.6 Å². The molecule has 3 aromatic rings. The van der Waals surface area contributed by atoms with Gasteiger partial charge in [-0.05, 0) is 51.6 Å². The van der Waals surface area contributed by atoms with Crippen molar-refractivity contribution in [3.8, 4) is 0 Å². The number of benzene rings is 3. The summed E-state index contributed by atoms with van der Waals surface area (Å²) < 4.78 is 0. The zero-order valence-electron chi connectivity index (χ0n) is 15.0. The molecule has 0 atom stereocenters.